The van der Waals surface area contributed by atoms with Gasteiger partial charge in [-0.25, -0.2) is 18.6 Å². The fourth-order valence-corrected chi connectivity index (χ4v) is 10.1. The number of amidine groups is 1. The van der Waals surface area contributed by atoms with Crippen molar-refractivity contribution in [1.29, 1.82) is 0 Å². The summed E-state index contributed by atoms with van der Waals surface area (Å²) < 4.78 is 34.2. The average molecular weight is 544 g/mol. The van der Waals surface area contributed by atoms with Crippen LogP contribution in [0.15, 0.2) is 40.0 Å². The zero-order valence-corrected chi connectivity index (χ0v) is 20.9. The van der Waals surface area contributed by atoms with Gasteiger partial charge < -0.3 is 15.2 Å². The van der Waals surface area contributed by atoms with E-state index in [4.69, 9.17) is 21.3 Å². The van der Waals surface area contributed by atoms with Gasteiger partial charge in [-0.3, -0.25) is 9.79 Å². The quantitative estimate of drug-likeness (QED) is 0.401. The minimum Gasteiger partial charge on any atom is -0.481 e. The standard InChI is InChI=1S/C26H20ClF2N3O4S/c1-2-6-36-23(33)10-19(8-3-4-9(28)18(29)17(8)27)31-21(22-30-5-7-37-22)32-20(10)25-11-14-12(25)16-13(25)15(11)26(14,16)24(34)35/h3-5,7,11-16,19H,2,6H2,1H3,(H,31,32)(H,34,35). The zero-order valence-electron chi connectivity index (χ0n) is 19.4. The molecular formula is C26H20ClF2N3O4S. The maximum absolute atomic E-state index is 14.6. The number of allylic oxidation sites excluding steroid dienone is 1. The van der Waals surface area contributed by atoms with E-state index in [1.165, 1.54) is 17.4 Å². The van der Waals surface area contributed by atoms with Crippen LogP contribution in [0.1, 0.15) is 30.0 Å². The third kappa shape index (κ3) is 2.05. The largest absolute Gasteiger partial charge is 0.481 e. The number of rotatable bonds is 7. The van der Waals surface area contributed by atoms with E-state index in [-0.39, 0.29) is 58.7 Å². The normalized spacial score (nSPS) is 40.6. The summed E-state index contributed by atoms with van der Waals surface area (Å²) in [6, 6.07) is 1.30. The van der Waals surface area contributed by atoms with Crippen LogP contribution in [-0.4, -0.2) is 34.5 Å². The number of carboxylic acid groups (broad SMARTS) is 1. The molecule has 9 rings (SSSR count). The number of esters is 1. The number of hydrogen-bond donors (Lipinski definition) is 2. The van der Waals surface area contributed by atoms with Crippen molar-refractivity contribution in [3.05, 3.63) is 62.2 Å². The molecule has 2 heterocycles. The molecule has 1 aromatic heterocycles. The first-order chi connectivity index (χ1) is 17.8. The predicted molar refractivity (Wildman–Crippen MR) is 128 cm³/mol. The highest BCUT2D eigenvalue weighted by atomic mass is 35.5. The van der Waals surface area contributed by atoms with E-state index >= 15 is 0 Å². The van der Waals surface area contributed by atoms with Crippen molar-refractivity contribution in [3.8, 4) is 0 Å². The van der Waals surface area contributed by atoms with Gasteiger partial charge in [-0.15, -0.1) is 11.3 Å². The minimum atomic E-state index is -1.20. The summed E-state index contributed by atoms with van der Waals surface area (Å²) in [6.45, 7) is 2.07. The molecule has 6 aliphatic carbocycles. The highest BCUT2D eigenvalue weighted by Gasteiger charge is 3.12. The molecule has 0 spiro atoms. The Balaban J connectivity index is 1.30. The van der Waals surface area contributed by atoms with E-state index in [1.807, 2.05) is 6.92 Å². The molecule has 7 nitrogen and oxygen atoms in total. The van der Waals surface area contributed by atoms with Gasteiger partial charge in [0, 0.05) is 28.3 Å². The molecule has 1 unspecified atom stereocenters. The minimum absolute atomic E-state index is 0.125. The van der Waals surface area contributed by atoms with E-state index in [0.717, 1.165) is 6.07 Å². The fourth-order valence-electron chi connectivity index (χ4n) is 9.26. The number of carbonyl (C=O) groups is 2. The maximum Gasteiger partial charge on any atom is 0.338 e. The molecule has 1 aliphatic heterocycles. The van der Waals surface area contributed by atoms with Crippen LogP contribution in [0, 0.1) is 58.0 Å². The number of halogens is 3. The molecule has 7 aliphatic rings. The molecule has 2 N–H and O–H groups in total. The Morgan fingerprint density at radius 1 is 1.19 bits per heavy atom. The van der Waals surface area contributed by atoms with Gasteiger partial charge in [0.05, 0.1) is 22.6 Å². The van der Waals surface area contributed by atoms with E-state index in [1.54, 1.807) is 11.6 Å². The number of nitrogens with zero attached hydrogens (tertiary/aromatic N) is 2. The first-order valence-electron chi connectivity index (χ1n) is 12.4. The topological polar surface area (TPSA) is 101 Å². The van der Waals surface area contributed by atoms with Gasteiger partial charge in [0.2, 0.25) is 0 Å². The fraction of sp³-hybridized carbons (Fsp3) is 0.462. The Bertz CT molecular complexity index is 1450. The summed E-state index contributed by atoms with van der Waals surface area (Å²) in [6.07, 6.45) is 2.25. The monoisotopic (exact) mass is 543 g/mol. The van der Waals surface area contributed by atoms with E-state index < -0.39 is 40.1 Å². The summed E-state index contributed by atoms with van der Waals surface area (Å²) in [5, 5.41) is 15.3. The SMILES string of the molecule is CCCOC(=O)C1=C(C23C4C5C2C2C3C4C52C(=O)O)NC(c2nccs2)=NC1c1ccc(F)c(F)c1Cl. The zero-order chi connectivity index (χ0) is 25.6. The Kier molecular flexibility index (Phi) is 4.05. The molecule has 11 heteroatoms. The van der Waals surface area contributed by atoms with E-state index in [0.29, 0.717) is 23.0 Å². The number of carboxylic acids is 1. The number of aromatic nitrogens is 1. The number of aliphatic imine (C=N–C) groups is 1. The van der Waals surface area contributed by atoms with E-state index in [2.05, 4.69) is 10.3 Å². The van der Waals surface area contributed by atoms with Gasteiger partial charge in [-0.2, -0.15) is 0 Å². The van der Waals surface area contributed by atoms with Crippen molar-refractivity contribution in [2.75, 3.05) is 6.61 Å². The lowest BCUT2D eigenvalue weighted by molar-refractivity contribution is -0.633. The molecule has 0 saturated heterocycles. The second-order valence-electron chi connectivity index (χ2n) is 10.9. The molecular weight excluding hydrogens is 524 g/mol. The highest BCUT2D eigenvalue weighted by molar-refractivity contribution is 7.11. The van der Waals surface area contributed by atoms with Crippen LogP contribution >= 0.6 is 22.9 Å². The van der Waals surface area contributed by atoms with E-state index in [9.17, 15) is 23.5 Å². The first kappa shape index (κ1) is 22.2. The van der Waals surface area contributed by atoms with Gasteiger partial charge in [0.15, 0.2) is 22.5 Å². The van der Waals surface area contributed by atoms with Crippen molar-refractivity contribution < 1.29 is 28.2 Å². The first-order valence-corrected chi connectivity index (χ1v) is 13.6. The van der Waals surface area contributed by atoms with Crippen molar-refractivity contribution in [3.63, 3.8) is 0 Å². The lowest BCUT2D eigenvalue weighted by Crippen LogP contribution is -3.11. The Morgan fingerprint density at radius 2 is 1.89 bits per heavy atom. The molecule has 0 bridgehead atoms. The number of benzene rings is 1. The van der Waals surface area contributed by atoms with Crippen LogP contribution in [0.25, 0.3) is 0 Å². The van der Waals surface area contributed by atoms with Crippen LogP contribution in [0.3, 0.4) is 0 Å². The molecule has 190 valence electrons. The molecule has 0 amide bonds. The summed E-state index contributed by atoms with van der Waals surface area (Å²) >= 11 is 7.66. The molecule has 37 heavy (non-hydrogen) atoms. The summed E-state index contributed by atoms with van der Waals surface area (Å²) in [5.74, 6) is -2.25. The molecule has 0 radical (unpaired) electrons. The lowest BCUT2D eigenvalue weighted by atomic mass is 8.92. The van der Waals surface area contributed by atoms with Gasteiger partial charge in [0.25, 0.3) is 0 Å². The Labute approximate surface area is 218 Å². The van der Waals surface area contributed by atoms with Crippen LogP contribution in [-0.2, 0) is 14.3 Å². The number of carbonyl (C=O) groups excluding carboxylic acids is 1. The van der Waals surface area contributed by atoms with Gasteiger partial charge in [0.1, 0.15) is 6.04 Å². The Morgan fingerprint density at radius 3 is 2.49 bits per heavy atom. The second kappa shape index (κ2) is 6.77. The van der Waals surface area contributed by atoms with Gasteiger partial charge in [-0.05, 0) is 48.0 Å². The van der Waals surface area contributed by atoms with Crippen LogP contribution in [0.5, 0.6) is 0 Å². The number of hydrogen-bond acceptors (Lipinski definition) is 7. The molecule has 1 aromatic carbocycles. The average Bonchev–Trinajstić information content (AvgIpc) is 3.44. The summed E-state index contributed by atoms with van der Waals surface area (Å²) in [7, 11) is 0. The number of aliphatic carboxylic acids is 1. The second-order valence-corrected chi connectivity index (χ2v) is 12.1. The van der Waals surface area contributed by atoms with Crippen LogP contribution in [0.2, 0.25) is 5.02 Å². The molecule has 2 aromatic rings. The van der Waals surface area contributed by atoms with Crippen molar-refractivity contribution >= 4 is 40.7 Å². The van der Waals surface area contributed by atoms with Gasteiger partial charge >= 0.3 is 11.9 Å². The summed E-state index contributed by atoms with van der Waals surface area (Å²) in [4.78, 5) is 34.8. The number of ether oxygens (including phenoxy) is 1. The summed E-state index contributed by atoms with van der Waals surface area (Å²) in [5.41, 5.74) is 0.147. The molecule has 6 fully saturated rings. The smallest absolute Gasteiger partial charge is 0.338 e. The Hall–Kier alpha value is -2.85. The third-order valence-electron chi connectivity index (χ3n) is 10.1. The van der Waals surface area contributed by atoms with Crippen molar-refractivity contribution in [2.24, 2.45) is 51.3 Å². The number of nitrogens with one attached hydrogen (secondary N) is 1. The van der Waals surface area contributed by atoms with Crippen LogP contribution in [0.4, 0.5) is 8.78 Å². The highest BCUT2D eigenvalue weighted by Crippen LogP contribution is 3.11. The van der Waals surface area contributed by atoms with Crippen molar-refractivity contribution in [2.45, 2.75) is 19.4 Å². The van der Waals surface area contributed by atoms with Gasteiger partial charge in [-0.1, -0.05) is 24.6 Å². The van der Waals surface area contributed by atoms with Crippen molar-refractivity contribution in [1.82, 2.24) is 10.3 Å². The molecule has 6 saturated carbocycles. The third-order valence-corrected chi connectivity index (χ3v) is 11.3. The molecule has 1 atom stereocenters. The maximum atomic E-state index is 14.6. The van der Waals surface area contributed by atoms with Crippen LogP contribution < -0.4 is 5.32 Å². The lowest BCUT2D eigenvalue weighted by Gasteiger charge is -3.10. The predicted octanol–water partition coefficient (Wildman–Crippen LogP) is 4.20. The number of thiazole rings is 1.